The smallest absolute Gasteiger partial charge is 0.284 e. The van der Waals surface area contributed by atoms with Gasteiger partial charge in [0.1, 0.15) is 0 Å². The fourth-order valence-corrected chi connectivity index (χ4v) is 1.53. The van der Waals surface area contributed by atoms with Crippen molar-refractivity contribution in [1.82, 2.24) is 5.32 Å². The van der Waals surface area contributed by atoms with E-state index in [9.17, 15) is 14.9 Å². The standard InChI is InChI=1S/C11H11BrN2O3/c1-3-7(2)13-11(15)8-4-5-9(12)10(6-8)14(16)17/h3-7H,1H2,2H3,(H,13,15). The second kappa shape index (κ2) is 5.58. The third-order valence-electron chi connectivity index (χ3n) is 2.12. The second-order valence-electron chi connectivity index (χ2n) is 3.42. The van der Waals surface area contributed by atoms with Gasteiger partial charge in [-0.15, -0.1) is 6.58 Å². The third kappa shape index (κ3) is 3.39. The molecule has 0 aliphatic rings. The maximum Gasteiger partial charge on any atom is 0.284 e. The number of carbonyl (C=O) groups excluding carboxylic acids is 1. The van der Waals surface area contributed by atoms with Gasteiger partial charge in [-0.2, -0.15) is 0 Å². The molecule has 1 atom stereocenters. The van der Waals surface area contributed by atoms with E-state index in [2.05, 4.69) is 27.8 Å². The van der Waals surface area contributed by atoms with Crippen LogP contribution in [0.5, 0.6) is 0 Å². The number of hydrogen-bond acceptors (Lipinski definition) is 3. The molecule has 1 rings (SSSR count). The highest BCUT2D eigenvalue weighted by Gasteiger charge is 2.16. The average molecular weight is 299 g/mol. The number of nitro benzene ring substituents is 1. The Bertz CT molecular complexity index is 474. The van der Waals surface area contributed by atoms with E-state index in [4.69, 9.17) is 0 Å². The quantitative estimate of drug-likeness (QED) is 0.528. The van der Waals surface area contributed by atoms with Crippen molar-refractivity contribution in [1.29, 1.82) is 0 Å². The van der Waals surface area contributed by atoms with Crippen molar-refractivity contribution in [3.63, 3.8) is 0 Å². The summed E-state index contributed by atoms with van der Waals surface area (Å²) in [5.74, 6) is -0.368. The summed E-state index contributed by atoms with van der Waals surface area (Å²) in [4.78, 5) is 21.9. The van der Waals surface area contributed by atoms with E-state index in [1.54, 1.807) is 13.0 Å². The van der Waals surface area contributed by atoms with Crippen LogP contribution < -0.4 is 5.32 Å². The number of hydrogen-bond donors (Lipinski definition) is 1. The summed E-state index contributed by atoms with van der Waals surface area (Å²) < 4.78 is 0.343. The van der Waals surface area contributed by atoms with Gasteiger partial charge in [-0.25, -0.2) is 0 Å². The molecule has 5 nitrogen and oxygen atoms in total. The summed E-state index contributed by atoms with van der Waals surface area (Å²) in [6.07, 6.45) is 1.57. The van der Waals surface area contributed by atoms with Gasteiger partial charge in [0, 0.05) is 17.7 Å². The molecule has 1 aromatic carbocycles. The van der Waals surface area contributed by atoms with Crippen molar-refractivity contribution in [2.75, 3.05) is 0 Å². The zero-order chi connectivity index (χ0) is 13.0. The van der Waals surface area contributed by atoms with Gasteiger partial charge >= 0.3 is 0 Å². The number of benzene rings is 1. The molecule has 1 amide bonds. The topological polar surface area (TPSA) is 72.2 Å². The number of halogens is 1. The lowest BCUT2D eigenvalue weighted by molar-refractivity contribution is -0.385. The fourth-order valence-electron chi connectivity index (χ4n) is 1.14. The van der Waals surface area contributed by atoms with Gasteiger partial charge in [0.05, 0.1) is 9.40 Å². The maximum atomic E-state index is 11.7. The molecule has 1 N–H and O–H groups in total. The highest BCUT2D eigenvalue weighted by molar-refractivity contribution is 9.10. The zero-order valence-corrected chi connectivity index (χ0v) is 10.7. The highest BCUT2D eigenvalue weighted by Crippen LogP contribution is 2.25. The van der Waals surface area contributed by atoms with Crippen LogP contribution in [0.25, 0.3) is 0 Å². The summed E-state index contributed by atoms with van der Waals surface area (Å²) in [6, 6.07) is 4.04. The van der Waals surface area contributed by atoms with Crippen molar-refractivity contribution in [3.8, 4) is 0 Å². The number of amides is 1. The van der Waals surface area contributed by atoms with Crippen LogP contribution in [0.4, 0.5) is 5.69 Å². The molecule has 0 saturated heterocycles. The predicted molar refractivity (Wildman–Crippen MR) is 67.9 cm³/mol. The molecule has 0 spiro atoms. The molecule has 0 aromatic heterocycles. The van der Waals surface area contributed by atoms with Gasteiger partial charge in [0.2, 0.25) is 0 Å². The molecular formula is C11H11BrN2O3. The predicted octanol–water partition coefficient (Wildman–Crippen LogP) is 2.66. The van der Waals surface area contributed by atoms with Crippen molar-refractivity contribution >= 4 is 27.5 Å². The Morgan fingerprint density at radius 3 is 2.82 bits per heavy atom. The molecule has 6 heteroatoms. The summed E-state index contributed by atoms with van der Waals surface area (Å²) in [5.41, 5.74) is 0.109. The maximum absolute atomic E-state index is 11.7. The molecule has 17 heavy (non-hydrogen) atoms. The minimum absolute atomic E-state index is 0.135. The molecule has 1 aromatic rings. The number of rotatable bonds is 4. The van der Waals surface area contributed by atoms with Crippen molar-refractivity contribution in [2.45, 2.75) is 13.0 Å². The van der Waals surface area contributed by atoms with Gasteiger partial charge < -0.3 is 5.32 Å². The summed E-state index contributed by atoms with van der Waals surface area (Å²) >= 11 is 3.06. The number of nitrogens with zero attached hydrogens (tertiary/aromatic N) is 1. The average Bonchev–Trinajstić information content (AvgIpc) is 2.28. The minimum atomic E-state index is -0.544. The normalized spacial score (nSPS) is 11.6. The molecule has 0 radical (unpaired) electrons. The van der Waals surface area contributed by atoms with Gasteiger partial charge in [-0.3, -0.25) is 14.9 Å². The Labute approximate surface area is 107 Å². The lowest BCUT2D eigenvalue weighted by atomic mass is 10.2. The summed E-state index contributed by atoms with van der Waals surface area (Å²) in [6.45, 7) is 5.30. The van der Waals surface area contributed by atoms with Gasteiger partial charge in [0.25, 0.3) is 11.6 Å². The molecule has 0 bridgehead atoms. The van der Waals surface area contributed by atoms with Crippen LogP contribution in [-0.4, -0.2) is 16.9 Å². The molecule has 0 aliphatic carbocycles. The van der Waals surface area contributed by atoms with E-state index < -0.39 is 4.92 Å². The van der Waals surface area contributed by atoms with Crippen LogP contribution in [0.15, 0.2) is 35.3 Å². The van der Waals surface area contributed by atoms with Crippen LogP contribution in [0, 0.1) is 10.1 Å². The molecule has 0 aliphatic heterocycles. The largest absolute Gasteiger partial charge is 0.346 e. The first kappa shape index (κ1) is 13.4. The monoisotopic (exact) mass is 298 g/mol. The zero-order valence-electron chi connectivity index (χ0n) is 9.14. The second-order valence-corrected chi connectivity index (χ2v) is 4.28. The van der Waals surface area contributed by atoms with Gasteiger partial charge in [0.15, 0.2) is 0 Å². The lowest BCUT2D eigenvalue weighted by Gasteiger charge is -2.09. The van der Waals surface area contributed by atoms with Crippen LogP contribution in [0.1, 0.15) is 17.3 Å². The SMILES string of the molecule is C=CC(C)NC(=O)c1ccc(Br)c([N+](=O)[O-])c1. The molecule has 0 saturated carbocycles. The number of nitro groups is 1. The van der Waals surface area contributed by atoms with E-state index >= 15 is 0 Å². The first-order chi connectivity index (χ1) is 7.95. The Morgan fingerprint density at radius 2 is 2.29 bits per heavy atom. The van der Waals surface area contributed by atoms with E-state index in [1.807, 2.05) is 0 Å². The molecule has 90 valence electrons. The third-order valence-corrected chi connectivity index (χ3v) is 2.79. The number of nitrogens with one attached hydrogen (secondary N) is 1. The minimum Gasteiger partial charge on any atom is -0.346 e. The van der Waals surface area contributed by atoms with Gasteiger partial charge in [-0.1, -0.05) is 6.08 Å². The molecule has 0 fully saturated rings. The van der Waals surface area contributed by atoms with Crippen molar-refractivity contribution in [2.24, 2.45) is 0 Å². The first-order valence-electron chi connectivity index (χ1n) is 4.83. The highest BCUT2D eigenvalue weighted by atomic mass is 79.9. The van der Waals surface area contributed by atoms with Crippen molar-refractivity contribution < 1.29 is 9.72 Å². The first-order valence-corrected chi connectivity index (χ1v) is 5.62. The Kier molecular flexibility index (Phi) is 4.39. The fraction of sp³-hybridized carbons (Fsp3) is 0.182. The van der Waals surface area contributed by atoms with Crippen LogP contribution >= 0.6 is 15.9 Å². The Morgan fingerprint density at radius 1 is 1.65 bits per heavy atom. The molecular weight excluding hydrogens is 288 g/mol. The van der Waals surface area contributed by atoms with Crippen LogP contribution in [0.3, 0.4) is 0 Å². The van der Waals surface area contributed by atoms with Crippen LogP contribution in [0.2, 0.25) is 0 Å². The van der Waals surface area contributed by atoms with Crippen molar-refractivity contribution in [3.05, 3.63) is 51.0 Å². The lowest BCUT2D eigenvalue weighted by Crippen LogP contribution is -2.30. The Balaban J connectivity index is 2.99. The van der Waals surface area contributed by atoms with Crippen LogP contribution in [-0.2, 0) is 0 Å². The van der Waals surface area contributed by atoms with Gasteiger partial charge in [-0.05, 0) is 35.0 Å². The summed E-state index contributed by atoms with van der Waals surface area (Å²) in [5, 5.41) is 13.3. The van der Waals surface area contributed by atoms with E-state index in [-0.39, 0.29) is 23.2 Å². The Hall–Kier alpha value is -1.69. The van der Waals surface area contributed by atoms with E-state index in [1.165, 1.54) is 18.2 Å². The van der Waals surface area contributed by atoms with E-state index in [0.717, 1.165) is 0 Å². The summed E-state index contributed by atoms with van der Waals surface area (Å²) in [7, 11) is 0. The molecule has 1 unspecified atom stereocenters. The number of carbonyl (C=O) groups is 1. The van der Waals surface area contributed by atoms with E-state index in [0.29, 0.717) is 4.47 Å². The molecule has 0 heterocycles.